The molecule has 1 aromatic carbocycles. The molecule has 1 aromatic rings. The van der Waals surface area contributed by atoms with Gasteiger partial charge < -0.3 is 10.4 Å². The van der Waals surface area contributed by atoms with Gasteiger partial charge >= 0.3 is 0 Å². The molecule has 21 heavy (non-hydrogen) atoms. The first kappa shape index (κ1) is 13.1. The van der Waals surface area contributed by atoms with E-state index in [9.17, 15) is 9.90 Å². The van der Waals surface area contributed by atoms with Gasteiger partial charge in [-0.05, 0) is 67.3 Å². The average Bonchev–Trinajstić information content (AvgIpc) is 3.07. The predicted octanol–water partition coefficient (Wildman–Crippen LogP) is 2.24. The van der Waals surface area contributed by atoms with Crippen molar-refractivity contribution in [3.8, 4) is 5.75 Å². The van der Waals surface area contributed by atoms with Gasteiger partial charge in [-0.2, -0.15) is 0 Å². The fourth-order valence-electron chi connectivity index (χ4n) is 4.67. The van der Waals surface area contributed by atoms with E-state index in [1.807, 2.05) is 26.0 Å². The average molecular weight is 286 g/mol. The smallest absolute Gasteiger partial charge is 0.239 e. The Morgan fingerprint density at radius 3 is 2.67 bits per heavy atom. The number of nitrogens with one attached hydrogen (secondary N) is 1. The van der Waals surface area contributed by atoms with Crippen molar-refractivity contribution in [2.24, 2.45) is 11.8 Å². The third-order valence-corrected chi connectivity index (χ3v) is 5.63. The van der Waals surface area contributed by atoms with Crippen molar-refractivity contribution in [2.75, 3.05) is 6.54 Å². The Labute approximate surface area is 125 Å². The minimum atomic E-state index is -0.0221. The molecule has 4 atom stereocenters. The van der Waals surface area contributed by atoms with Crippen LogP contribution in [0.1, 0.15) is 42.1 Å². The van der Waals surface area contributed by atoms with Crippen LogP contribution in [-0.2, 0) is 4.79 Å². The summed E-state index contributed by atoms with van der Waals surface area (Å²) in [5.41, 5.74) is 2.85. The van der Waals surface area contributed by atoms with Crippen LogP contribution >= 0.6 is 0 Å². The van der Waals surface area contributed by atoms with E-state index in [0.717, 1.165) is 23.2 Å². The number of aromatic hydroxyl groups is 1. The van der Waals surface area contributed by atoms with E-state index in [1.165, 1.54) is 19.3 Å². The first-order valence-electron chi connectivity index (χ1n) is 7.92. The zero-order valence-electron chi connectivity index (χ0n) is 12.6. The van der Waals surface area contributed by atoms with Crippen LogP contribution in [0.3, 0.4) is 0 Å². The van der Waals surface area contributed by atoms with Crippen LogP contribution in [0, 0.1) is 25.7 Å². The summed E-state index contributed by atoms with van der Waals surface area (Å²) in [7, 11) is 0. The van der Waals surface area contributed by atoms with Crippen molar-refractivity contribution in [3.05, 3.63) is 28.8 Å². The van der Waals surface area contributed by atoms with Gasteiger partial charge in [0.05, 0.1) is 6.04 Å². The number of hydrogen-bond acceptors (Lipinski definition) is 3. The number of hydrogen-bond donors (Lipinski definition) is 2. The Bertz CT molecular complexity index is 590. The summed E-state index contributed by atoms with van der Waals surface area (Å²) < 4.78 is 0. The Morgan fingerprint density at radius 2 is 1.95 bits per heavy atom. The lowest BCUT2D eigenvalue weighted by atomic mass is 9.94. The van der Waals surface area contributed by atoms with Crippen LogP contribution in [0.25, 0.3) is 0 Å². The monoisotopic (exact) mass is 286 g/mol. The summed E-state index contributed by atoms with van der Waals surface area (Å²) in [5, 5.41) is 13.1. The minimum absolute atomic E-state index is 0.0221. The fourth-order valence-corrected chi connectivity index (χ4v) is 4.67. The third-order valence-electron chi connectivity index (χ3n) is 5.63. The molecule has 2 aliphatic heterocycles. The van der Waals surface area contributed by atoms with Crippen LogP contribution in [0.5, 0.6) is 5.75 Å². The van der Waals surface area contributed by atoms with Gasteiger partial charge in [-0.25, -0.2) is 0 Å². The van der Waals surface area contributed by atoms with Crippen molar-refractivity contribution in [2.45, 2.75) is 45.3 Å². The number of carbonyl (C=O) groups is 1. The zero-order chi connectivity index (χ0) is 14.7. The maximum Gasteiger partial charge on any atom is 0.239 e. The number of nitrogens with zero attached hydrogens (tertiary/aromatic N) is 1. The molecule has 0 aromatic heterocycles. The maximum atomic E-state index is 12.4. The number of rotatable bonds is 1. The molecule has 4 nitrogen and oxygen atoms in total. The number of phenols is 1. The van der Waals surface area contributed by atoms with E-state index < -0.39 is 0 Å². The molecule has 1 aliphatic carbocycles. The lowest BCUT2D eigenvalue weighted by molar-refractivity contribution is -0.122. The topological polar surface area (TPSA) is 52.6 Å². The van der Waals surface area contributed by atoms with Crippen LogP contribution in [0.15, 0.2) is 12.1 Å². The standard InChI is InChI=1S/C17H22N2O2/c1-9-6-12(7-10(2)15(9)20)16-18-17(21)14-13-5-3-4-11(13)8-19(14)16/h6-7,11,13-14,16,20H,3-5,8H2,1-2H3,(H,18,21). The number of aryl methyl sites for hydroxylation is 2. The second kappa shape index (κ2) is 4.47. The molecular weight excluding hydrogens is 264 g/mol. The van der Waals surface area contributed by atoms with Crippen molar-refractivity contribution in [3.63, 3.8) is 0 Å². The summed E-state index contributed by atoms with van der Waals surface area (Å²) in [4.78, 5) is 14.8. The second-order valence-corrected chi connectivity index (χ2v) is 6.91. The highest BCUT2D eigenvalue weighted by atomic mass is 16.3. The SMILES string of the molecule is Cc1cc(C2NC(=O)C3C4CCCC4CN23)cc(C)c1O. The van der Waals surface area contributed by atoms with E-state index in [-0.39, 0.29) is 18.1 Å². The Balaban J connectivity index is 1.69. The number of amides is 1. The molecule has 1 amide bonds. The van der Waals surface area contributed by atoms with Crippen LogP contribution in [0.2, 0.25) is 0 Å². The molecule has 4 heteroatoms. The van der Waals surface area contributed by atoms with Crippen molar-refractivity contribution >= 4 is 5.91 Å². The largest absolute Gasteiger partial charge is 0.507 e. The lowest BCUT2D eigenvalue weighted by Crippen LogP contribution is -2.32. The third kappa shape index (κ3) is 1.81. The Morgan fingerprint density at radius 1 is 1.24 bits per heavy atom. The number of benzene rings is 1. The number of fused-ring (bicyclic) bond motifs is 3. The number of phenolic OH excluding ortho intramolecular Hbond substituents is 1. The Kier molecular flexibility index (Phi) is 2.80. The highest BCUT2D eigenvalue weighted by Crippen LogP contribution is 2.47. The molecule has 1 saturated carbocycles. The summed E-state index contributed by atoms with van der Waals surface area (Å²) >= 11 is 0. The first-order valence-corrected chi connectivity index (χ1v) is 7.92. The molecule has 4 unspecified atom stereocenters. The highest BCUT2D eigenvalue weighted by molar-refractivity contribution is 5.85. The van der Waals surface area contributed by atoms with Gasteiger partial charge in [-0.3, -0.25) is 9.69 Å². The van der Waals surface area contributed by atoms with Gasteiger partial charge in [-0.15, -0.1) is 0 Å². The van der Waals surface area contributed by atoms with Gasteiger partial charge in [-0.1, -0.05) is 6.42 Å². The molecule has 2 N–H and O–H groups in total. The zero-order valence-corrected chi connectivity index (χ0v) is 12.6. The van der Waals surface area contributed by atoms with Crippen LogP contribution < -0.4 is 5.32 Å². The van der Waals surface area contributed by atoms with Crippen molar-refractivity contribution in [1.29, 1.82) is 0 Å². The summed E-state index contributed by atoms with van der Waals surface area (Å²) in [5.74, 6) is 1.80. The molecule has 2 heterocycles. The molecule has 112 valence electrons. The van der Waals surface area contributed by atoms with E-state index in [0.29, 0.717) is 17.6 Å². The number of carbonyl (C=O) groups excluding carboxylic acids is 1. The molecule has 0 spiro atoms. The molecule has 3 fully saturated rings. The van der Waals surface area contributed by atoms with E-state index in [1.54, 1.807) is 0 Å². The summed E-state index contributed by atoms with van der Waals surface area (Å²) in [6.07, 6.45) is 3.71. The Hall–Kier alpha value is -1.55. The van der Waals surface area contributed by atoms with Gasteiger partial charge in [0.15, 0.2) is 0 Å². The normalized spacial score (nSPS) is 34.9. The van der Waals surface area contributed by atoms with E-state index >= 15 is 0 Å². The van der Waals surface area contributed by atoms with Crippen LogP contribution in [-0.4, -0.2) is 28.5 Å². The van der Waals surface area contributed by atoms with Gasteiger partial charge in [0.25, 0.3) is 0 Å². The molecule has 2 saturated heterocycles. The van der Waals surface area contributed by atoms with E-state index in [4.69, 9.17) is 0 Å². The fraction of sp³-hybridized carbons (Fsp3) is 0.588. The van der Waals surface area contributed by atoms with E-state index in [2.05, 4.69) is 10.2 Å². The molecule has 0 bridgehead atoms. The van der Waals surface area contributed by atoms with Gasteiger partial charge in [0, 0.05) is 6.54 Å². The predicted molar refractivity (Wildman–Crippen MR) is 79.8 cm³/mol. The summed E-state index contributed by atoms with van der Waals surface area (Å²) in [6.45, 7) is 4.86. The maximum absolute atomic E-state index is 12.4. The molecule has 3 aliphatic rings. The minimum Gasteiger partial charge on any atom is -0.507 e. The lowest BCUT2D eigenvalue weighted by Gasteiger charge is -2.24. The van der Waals surface area contributed by atoms with Gasteiger partial charge in [0.1, 0.15) is 11.9 Å². The molecule has 0 radical (unpaired) electrons. The van der Waals surface area contributed by atoms with Crippen molar-refractivity contribution in [1.82, 2.24) is 10.2 Å². The summed E-state index contributed by atoms with van der Waals surface area (Å²) in [6, 6.07) is 4.07. The molecular formula is C17H22N2O2. The second-order valence-electron chi connectivity index (χ2n) is 6.91. The molecule has 4 rings (SSSR count). The quantitative estimate of drug-likeness (QED) is 0.832. The van der Waals surface area contributed by atoms with Gasteiger partial charge in [0.2, 0.25) is 5.91 Å². The van der Waals surface area contributed by atoms with Crippen LogP contribution in [0.4, 0.5) is 0 Å². The highest BCUT2D eigenvalue weighted by Gasteiger charge is 2.54. The van der Waals surface area contributed by atoms with Crippen molar-refractivity contribution < 1.29 is 9.90 Å². The first-order chi connectivity index (χ1) is 10.1.